The Balaban J connectivity index is 1.41. The predicted octanol–water partition coefficient (Wildman–Crippen LogP) is 3.56. The fourth-order valence-electron chi connectivity index (χ4n) is 3.64. The van der Waals surface area contributed by atoms with E-state index in [-0.39, 0.29) is 0 Å². The standard InChI is InChI=1S/C21H26N4/c1-23(2)18-6-5-7-19(14-18)25-12-10-24(11-13-25)16-17-15-22-21-9-4-3-8-20(17)21/h3-9,14-15,22H,10-13,16H2,1-2H3. The number of rotatable bonds is 4. The second-order valence-electron chi connectivity index (χ2n) is 7.04. The summed E-state index contributed by atoms with van der Waals surface area (Å²) in [6.07, 6.45) is 2.16. The lowest BCUT2D eigenvalue weighted by atomic mass is 10.1. The van der Waals surface area contributed by atoms with Gasteiger partial charge in [-0.2, -0.15) is 0 Å². The maximum absolute atomic E-state index is 3.39. The van der Waals surface area contributed by atoms with Crippen LogP contribution < -0.4 is 9.80 Å². The van der Waals surface area contributed by atoms with Gasteiger partial charge in [0.2, 0.25) is 0 Å². The Morgan fingerprint density at radius 2 is 1.76 bits per heavy atom. The molecule has 25 heavy (non-hydrogen) atoms. The molecule has 1 aliphatic rings. The first-order chi connectivity index (χ1) is 12.2. The third-order valence-corrected chi connectivity index (χ3v) is 5.15. The lowest BCUT2D eigenvalue weighted by Crippen LogP contribution is -2.46. The van der Waals surface area contributed by atoms with Crippen LogP contribution in [0.2, 0.25) is 0 Å². The number of hydrogen-bond donors (Lipinski definition) is 1. The van der Waals surface area contributed by atoms with Crippen LogP contribution in [0.5, 0.6) is 0 Å². The molecular weight excluding hydrogens is 308 g/mol. The number of para-hydroxylation sites is 1. The molecule has 0 saturated carbocycles. The van der Waals surface area contributed by atoms with Crippen molar-refractivity contribution in [3.63, 3.8) is 0 Å². The molecule has 4 rings (SSSR count). The van der Waals surface area contributed by atoms with Crippen molar-refractivity contribution in [2.24, 2.45) is 0 Å². The van der Waals surface area contributed by atoms with E-state index in [1.54, 1.807) is 0 Å². The third kappa shape index (κ3) is 3.35. The number of H-pyrrole nitrogens is 1. The van der Waals surface area contributed by atoms with Crippen LogP contribution in [-0.2, 0) is 6.54 Å². The van der Waals surface area contributed by atoms with Gasteiger partial charge in [-0.05, 0) is 29.8 Å². The highest BCUT2D eigenvalue weighted by atomic mass is 15.3. The molecule has 4 nitrogen and oxygen atoms in total. The van der Waals surface area contributed by atoms with Gasteiger partial charge in [-0.25, -0.2) is 0 Å². The van der Waals surface area contributed by atoms with Gasteiger partial charge in [0.05, 0.1) is 0 Å². The SMILES string of the molecule is CN(C)c1cccc(N2CCN(Cc3c[nH]c4ccccc34)CC2)c1. The fourth-order valence-corrected chi connectivity index (χ4v) is 3.64. The van der Waals surface area contributed by atoms with Crippen molar-refractivity contribution < 1.29 is 0 Å². The van der Waals surface area contributed by atoms with Crippen molar-refractivity contribution in [1.29, 1.82) is 0 Å². The van der Waals surface area contributed by atoms with Crippen LogP contribution in [0.3, 0.4) is 0 Å². The fraction of sp³-hybridized carbons (Fsp3) is 0.333. The van der Waals surface area contributed by atoms with E-state index in [2.05, 4.69) is 88.5 Å². The number of hydrogen-bond acceptors (Lipinski definition) is 3. The summed E-state index contributed by atoms with van der Waals surface area (Å²) in [6, 6.07) is 17.4. The van der Waals surface area contributed by atoms with Crippen molar-refractivity contribution in [2.45, 2.75) is 6.54 Å². The zero-order valence-electron chi connectivity index (χ0n) is 15.1. The molecule has 0 unspecified atom stereocenters. The van der Waals surface area contributed by atoms with Gasteiger partial charge in [-0.1, -0.05) is 24.3 Å². The zero-order valence-corrected chi connectivity index (χ0v) is 15.1. The number of anilines is 2. The van der Waals surface area contributed by atoms with Crippen LogP contribution in [-0.4, -0.2) is 50.2 Å². The Labute approximate surface area is 149 Å². The number of aromatic amines is 1. The van der Waals surface area contributed by atoms with Crippen molar-refractivity contribution in [2.75, 3.05) is 50.1 Å². The van der Waals surface area contributed by atoms with Crippen molar-refractivity contribution >= 4 is 22.3 Å². The van der Waals surface area contributed by atoms with E-state index in [1.807, 2.05) is 0 Å². The van der Waals surface area contributed by atoms with Crippen molar-refractivity contribution in [1.82, 2.24) is 9.88 Å². The van der Waals surface area contributed by atoms with Gasteiger partial charge < -0.3 is 14.8 Å². The van der Waals surface area contributed by atoms with E-state index in [1.165, 1.54) is 27.8 Å². The van der Waals surface area contributed by atoms with Crippen molar-refractivity contribution in [3.8, 4) is 0 Å². The molecule has 1 fully saturated rings. The van der Waals surface area contributed by atoms with Crippen LogP contribution in [0.4, 0.5) is 11.4 Å². The molecule has 0 amide bonds. The topological polar surface area (TPSA) is 25.5 Å². The van der Waals surface area contributed by atoms with Gasteiger partial charge in [-0.3, -0.25) is 4.90 Å². The zero-order chi connectivity index (χ0) is 17.2. The Kier molecular flexibility index (Phi) is 4.36. The minimum absolute atomic E-state index is 1.02. The molecule has 2 aromatic carbocycles. The van der Waals surface area contributed by atoms with Crippen LogP contribution in [0.15, 0.2) is 54.7 Å². The van der Waals surface area contributed by atoms with Crippen LogP contribution in [0, 0.1) is 0 Å². The van der Waals surface area contributed by atoms with E-state index in [4.69, 9.17) is 0 Å². The number of nitrogens with one attached hydrogen (secondary N) is 1. The Bertz CT molecular complexity index is 844. The molecule has 4 heteroatoms. The molecule has 1 aliphatic heterocycles. The molecule has 0 bridgehead atoms. The maximum Gasteiger partial charge on any atom is 0.0457 e. The van der Waals surface area contributed by atoms with Gasteiger partial charge in [-0.15, -0.1) is 0 Å². The monoisotopic (exact) mass is 334 g/mol. The number of benzene rings is 2. The molecule has 0 atom stereocenters. The Morgan fingerprint density at radius 3 is 2.56 bits per heavy atom. The summed E-state index contributed by atoms with van der Waals surface area (Å²) in [5, 5.41) is 1.35. The smallest absolute Gasteiger partial charge is 0.0457 e. The van der Waals surface area contributed by atoms with Gasteiger partial charge in [0.15, 0.2) is 0 Å². The molecule has 3 aromatic rings. The first-order valence-corrected chi connectivity index (χ1v) is 9.00. The van der Waals surface area contributed by atoms with E-state index in [0.29, 0.717) is 0 Å². The third-order valence-electron chi connectivity index (χ3n) is 5.15. The van der Waals surface area contributed by atoms with E-state index in [9.17, 15) is 0 Å². The van der Waals surface area contributed by atoms with Crippen LogP contribution >= 0.6 is 0 Å². The van der Waals surface area contributed by atoms with E-state index >= 15 is 0 Å². The summed E-state index contributed by atoms with van der Waals surface area (Å²) < 4.78 is 0. The molecule has 1 aromatic heterocycles. The minimum atomic E-state index is 1.02. The number of fused-ring (bicyclic) bond motifs is 1. The summed E-state index contributed by atoms with van der Waals surface area (Å²) in [4.78, 5) is 10.6. The van der Waals surface area contributed by atoms with E-state index < -0.39 is 0 Å². The highest BCUT2D eigenvalue weighted by Gasteiger charge is 2.18. The molecule has 2 heterocycles. The summed E-state index contributed by atoms with van der Waals surface area (Å²) >= 11 is 0. The number of piperazine rings is 1. The number of nitrogens with zero attached hydrogens (tertiary/aromatic N) is 3. The van der Waals surface area contributed by atoms with Gasteiger partial charge in [0.25, 0.3) is 0 Å². The minimum Gasteiger partial charge on any atom is -0.378 e. The second kappa shape index (κ2) is 6.81. The molecule has 130 valence electrons. The molecule has 1 N–H and O–H groups in total. The molecule has 1 saturated heterocycles. The van der Waals surface area contributed by atoms with Gasteiger partial charge in [0, 0.05) is 75.3 Å². The molecular formula is C21H26N4. The molecule has 0 spiro atoms. The largest absolute Gasteiger partial charge is 0.378 e. The lowest BCUT2D eigenvalue weighted by Gasteiger charge is -2.36. The highest BCUT2D eigenvalue weighted by Crippen LogP contribution is 2.24. The summed E-state index contributed by atoms with van der Waals surface area (Å²) in [5.74, 6) is 0. The second-order valence-corrected chi connectivity index (χ2v) is 7.04. The number of aromatic nitrogens is 1. The average Bonchev–Trinajstić information content (AvgIpc) is 3.05. The average molecular weight is 334 g/mol. The lowest BCUT2D eigenvalue weighted by molar-refractivity contribution is 0.250. The van der Waals surface area contributed by atoms with Crippen LogP contribution in [0.25, 0.3) is 10.9 Å². The quantitative estimate of drug-likeness (QED) is 0.790. The first kappa shape index (κ1) is 16.0. The summed E-state index contributed by atoms with van der Waals surface area (Å²) in [6.45, 7) is 5.39. The summed E-state index contributed by atoms with van der Waals surface area (Å²) in [7, 11) is 4.19. The Morgan fingerprint density at radius 1 is 0.960 bits per heavy atom. The Hall–Kier alpha value is -2.46. The highest BCUT2D eigenvalue weighted by molar-refractivity contribution is 5.82. The van der Waals surface area contributed by atoms with Gasteiger partial charge >= 0.3 is 0 Å². The van der Waals surface area contributed by atoms with Crippen LogP contribution in [0.1, 0.15) is 5.56 Å². The van der Waals surface area contributed by atoms with Crippen molar-refractivity contribution in [3.05, 3.63) is 60.3 Å². The maximum atomic E-state index is 3.39. The van der Waals surface area contributed by atoms with Gasteiger partial charge in [0.1, 0.15) is 0 Å². The molecule has 0 aliphatic carbocycles. The molecule has 0 radical (unpaired) electrons. The normalized spacial score (nSPS) is 15.7. The summed E-state index contributed by atoms with van der Waals surface area (Å²) in [5.41, 5.74) is 5.23. The van der Waals surface area contributed by atoms with E-state index in [0.717, 1.165) is 32.7 Å². The first-order valence-electron chi connectivity index (χ1n) is 9.00. The predicted molar refractivity (Wildman–Crippen MR) is 107 cm³/mol.